The van der Waals surface area contributed by atoms with Gasteiger partial charge in [-0.2, -0.15) is 4.99 Å². The minimum absolute atomic E-state index is 0.360. The second kappa shape index (κ2) is 8.50. The molecule has 1 heterocycles. The Kier molecular flexibility index (Phi) is 6.08. The quantitative estimate of drug-likeness (QED) is 0.472. The van der Waals surface area contributed by atoms with E-state index in [1.807, 2.05) is 31.2 Å². The van der Waals surface area contributed by atoms with E-state index < -0.39 is 6.04 Å². The van der Waals surface area contributed by atoms with Crippen LogP contribution in [0.25, 0.3) is 10.2 Å². The summed E-state index contributed by atoms with van der Waals surface area (Å²) in [5.74, 6) is -0.336. The summed E-state index contributed by atoms with van der Waals surface area (Å²) in [5.41, 5.74) is 2.25. The standard InChI is InChI=1S/C20H19ClN2O3S/c1-3-15(19(25)26-2)23-16-6-4-5-7-17(16)27-20(23)22-18(24)14-10-8-13(12-21)9-11-14/h4-11,15H,3,12H2,1-2H3. The molecule has 1 amide bonds. The number of fused-ring (bicyclic) bond motifs is 1. The molecule has 0 aliphatic carbocycles. The lowest BCUT2D eigenvalue weighted by Crippen LogP contribution is -2.28. The molecule has 5 nitrogen and oxygen atoms in total. The largest absolute Gasteiger partial charge is 0.467 e. The second-order valence-electron chi connectivity index (χ2n) is 5.92. The van der Waals surface area contributed by atoms with Gasteiger partial charge in [0, 0.05) is 11.4 Å². The van der Waals surface area contributed by atoms with Crippen LogP contribution in [0.5, 0.6) is 0 Å². The van der Waals surface area contributed by atoms with Gasteiger partial charge in [-0.15, -0.1) is 11.6 Å². The Labute approximate surface area is 165 Å². The molecule has 140 valence electrons. The van der Waals surface area contributed by atoms with Crippen LogP contribution in [0.4, 0.5) is 0 Å². The summed E-state index contributed by atoms with van der Waals surface area (Å²) in [6, 6.07) is 14.1. The zero-order valence-electron chi connectivity index (χ0n) is 15.0. The smallest absolute Gasteiger partial charge is 0.328 e. The number of benzene rings is 2. The van der Waals surface area contributed by atoms with Crippen molar-refractivity contribution in [2.24, 2.45) is 4.99 Å². The third-order valence-corrected chi connectivity index (χ3v) is 5.60. The number of hydrogen-bond acceptors (Lipinski definition) is 4. The molecule has 3 rings (SSSR count). The molecule has 0 radical (unpaired) electrons. The van der Waals surface area contributed by atoms with Crippen LogP contribution < -0.4 is 4.80 Å². The van der Waals surface area contributed by atoms with E-state index in [4.69, 9.17) is 16.3 Å². The Bertz CT molecular complexity index is 1040. The minimum Gasteiger partial charge on any atom is -0.467 e. The normalized spacial score (nSPS) is 12.9. The lowest BCUT2D eigenvalue weighted by Gasteiger charge is -2.15. The van der Waals surface area contributed by atoms with Gasteiger partial charge in [0.2, 0.25) is 0 Å². The van der Waals surface area contributed by atoms with Gasteiger partial charge in [0.15, 0.2) is 4.80 Å². The molecule has 1 aromatic heterocycles. The molecule has 3 aromatic rings. The summed E-state index contributed by atoms with van der Waals surface area (Å²) >= 11 is 7.17. The number of thiazole rings is 1. The number of alkyl halides is 1. The highest BCUT2D eigenvalue weighted by Crippen LogP contribution is 2.23. The number of carbonyl (C=O) groups is 2. The number of carbonyl (C=O) groups excluding carboxylic acids is 2. The zero-order valence-corrected chi connectivity index (χ0v) is 16.6. The fourth-order valence-corrected chi connectivity index (χ4v) is 4.09. The third kappa shape index (κ3) is 3.96. The average molecular weight is 403 g/mol. The summed E-state index contributed by atoms with van der Waals surface area (Å²) in [5, 5.41) is 0. The van der Waals surface area contributed by atoms with Crippen molar-refractivity contribution in [2.45, 2.75) is 25.3 Å². The molecule has 0 spiro atoms. The van der Waals surface area contributed by atoms with E-state index >= 15 is 0 Å². The van der Waals surface area contributed by atoms with Gasteiger partial charge in [-0.25, -0.2) is 4.79 Å². The molecule has 0 saturated heterocycles. The number of aromatic nitrogens is 1. The topological polar surface area (TPSA) is 60.7 Å². The van der Waals surface area contributed by atoms with Crippen molar-refractivity contribution in [3.05, 3.63) is 64.5 Å². The molecule has 0 bridgehead atoms. The van der Waals surface area contributed by atoms with Crippen LogP contribution in [0.2, 0.25) is 0 Å². The first-order valence-corrected chi connectivity index (χ1v) is 9.86. The number of halogens is 1. The van der Waals surface area contributed by atoms with Gasteiger partial charge in [0.25, 0.3) is 5.91 Å². The van der Waals surface area contributed by atoms with Gasteiger partial charge in [-0.05, 0) is 36.2 Å². The van der Waals surface area contributed by atoms with Crippen LogP contribution >= 0.6 is 22.9 Å². The van der Waals surface area contributed by atoms with Crippen LogP contribution in [0.3, 0.4) is 0 Å². The lowest BCUT2D eigenvalue weighted by atomic mass is 10.1. The van der Waals surface area contributed by atoms with Crippen molar-refractivity contribution in [3.8, 4) is 0 Å². The van der Waals surface area contributed by atoms with E-state index in [9.17, 15) is 9.59 Å². The molecule has 0 N–H and O–H groups in total. The Morgan fingerprint density at radius 2 is 1.89 bits per heavy atom. The second-order valence-corrected chi connectivity index (χ2v) is 7.19. The minimum atomic E-state index is -0.545. The molecule has 27 heavy (non-hydrogen) atoms. The third-order valence-electron chi connectivity index (χ3n) is 4.26. The Morgan fingerprint density at radius 1 is 1.19 bits per heavy atom. The van der Waals surface area contributed by atoms with E-state index in [0.717, 1.165) is 15.8 Å². The zero-order chi connectivity index (χ0) is 19.4. The van der Waals surface area contributed by atoms with Crippen LogP contribution in [-0.4, -0.2) is 23.6 Å². The molecule has 0 aliphatic rings. The molecule has 0 saturated carbocycles. The highest BCUT2D eigenvalue weighted by molar-refractivity contribution is 7.16. The summed E-state index contributed by atoms with van der Waals surface area (Å²) in [6.45, 7) is 1.90. The monoisotopic (exact) mass is 402 g/mol. The maximum absolute atomic E-state index is 12.7. The van der Waals surface area contributed by atoms with Crippen LogP contribution in [0.1, 0.15) is 35.3 Å². The van der Waals surface area contributed by atoms with Gasteiger partial charge in [0.1, 0.15) is 6.04 Å². The van der Waals surface area contributed by atoms with E-state index in [1.54, 1.807) is 28.8 Å². The van der Waals surface area contributed by atoms with Gasteiger partial charge < -0.3 is 9.30 Å². The van der Waals surface area contributed by atoms with Crippen molar-refractivity contribution in [3.63, 3.8) is 0 Å². The van der Waals surface area contributed by atoms with E-state index in [-0.39, 0.29) is 11.9 Å². The SMILES string of the molecule is CCC(C(=O)OC)n1c(=NC(=O)c2ccc(CCl)cc2)sc2ccccc21. The van der Waals surface area contributed by atoms with E-state index in [2.05, 4.69) is 4.99 Å². The average Bonchev–Trinajstić information content (AvgIpc) is 3.06. The maximum Gasteiger partial charge on any atom is 0.328 e. The number of nitrogens with zero attached hydrogens (tertiary/aromatic N) is 2. The van der Waals surface area contributed by atoms with Crippen molar-refractivity contribution >= 4 is 45.0 Å². The molecule has 2 aromatic carbocycles. The number of para-hydroxylation sites is 1. The van der Waals surface area contributed by atoms with Gasteiger partial charge in [-0.1, -0.05) is 42.5 Å². The molecule has 7 heteroatoms. The van der Waals surface area contributed by atoms with E-state index in [0.29, 0.717) is 22.7 Å². The Balaban J connectivity index is 2.14. The summed E-state index contributed by atoms with van der Waals surface area (Å²) < 4.78 is 7.69. The molecular formula is C20H19ClN2O3S. The highest BCUT2D eigenvalue weighted by atomic mass is 35.5. The fourth-order valence-electron chi connectivity index (χ4n) is 2.85. The first-order valence-electron chi connectivity index (χ1n) is 8.51. The predicted molar refractivity (Wildman–Crippen MR) is 107 cm³/mol. The highest BCUT2D eigenvalue weighted by Gasteiger charge is 2.23. The fraction of sp³-hybridized carbons (Fsp3) is 0.250. The maximum atomic E-state index is 12.7. The number of amides is 1. The molecule has 1 atom stereocenters. The summed E-state index contributed by atoms with van der Waals surface area (Å²) in [7, 11) is 1.36. The van der Waals surface area contributed by atoms with Crippen LogP contribution in [-0.2, 0) is 15.4 Å². The number of rotatable bonds is 5. The van der Waals surface area contributed by atoms with Crippen molar-refractivity contribution in [1.29, 1.82) is 0 Å². The van der Waals surface area contributed by atoms with Gasteiger partial charge in [-0.3, -0.25) is 4.79 Å². The Hall–Kier alpha value is -2.44. The molecular weight excluding hydrogens is 384 g/mol. The first-order chi connectivity index (χ1) is 13.1. The predicted octanol–water partition coefficient (Wildman–Crippen LogP) is 4.31. The van der Waals surface area contributed by atoms with Crippen molar-refractivity contribution in [2.75, 3.05) is 7.11 Å². The Morgan fingerprint density at radius 3 is 2.52 bits per heavy atom. The summed E-state index contributed by atoms with van der Waals surface area (Å²) in [4.78, 5) is 29.7. The van der Waals surface area contributed by atoms with E-state index in [1.165, 1.54) is 18.4 Å². The van der Waals surface area contributed by atoms with Gasteiger partial charge >= 0.3 is 5.97 Å². The summed E-state index contributed by atoms with van der Waals surface area (Å²) in [6.07, 6.45) is 0.527. The number of esters is 1. The number of hydrogen-bond donors (Lipinski definition) is 0. The van der Waals surface area contributed by atoms with Crippen molar-refractivity contribution < 1.29 is 14.3 Å². The number of ether oxygens (including phenoxy) is 1. The van der Waals surface area contributed by atoms with Gasteiger partial charge in [0.05, 0.1) is 17.3 Å². The van der Waals surface area contributed by atoms with Crippen LogP contribution in [0, 0.1) is 0 Å². The first kappa shape index (κ1) is 19.3. The van der Waals surface area contributed by atoms with Crippen molar-refractivity contribution in [1.82, 2.24) is 4.57 Å². The number of methoxy groups -OCH3 is 1. The molecule has 1 unspecified atom stereocenters. The van der Waals surface area contributed by atoms with Crippen LogP contribution in [0.15, 0.2) is 53.5 Å². The molecule has 0 fully saturated rings. The molecule has 0 aliphatic heterocycles. The lowest BCUT2D eigenvalue weighted by molar-refractivity contribution is -0.144.